The van der Waals surface area contributed by atoms with Crippen LogP contribution in [0.1, 0.15) is 11.1 Å². The summed E-state index contributed by atoms with van der Waals surface area (Å²) in [4.78, 5) is 2.43. The van der Waals surface area contributed by atoms with Gasteiger partial charge in [-0.2, -0.15) is 0 Å². The van der Waals surface area contributed by atoms with Crippen LogP contribution in [-0.2, 0) is 17.9 Å². The van der Waals surface area contributed by atoms with Crippen LogP contribution >= 0.6 is 0 Å². The molecule has 0 unspecified atom stereocenters. The van der Waals surface area contributed by atoms with Gasteiger partial charge < -0.3 is 44.3 Å². The molecule has 1 saturated heterocycles. The highest BCUT2D eigenvalue weighted by atomic mass is 35.5. The summed E-state index contributed by atoms with van der Waals surface area (Å²) in [5.74, 6) is 1.59. The minimum atomic E-state index is 0. The van der Waals surface area contributed by atoms with Crippen LogP contribution in [0.15, 0.2) is 48.5 Å². The summed E-state index contributed by atoms with van der Waals surface area (Å²) in [7, 11) is 1.68. The zero-order chi connectivity index (χ0) is 18.0. The van der Waals surface area contributed by atoms with Crippen LogP contribution in [0, 0.1) is 0 Å². The van der Waals surface area contributed by atoms with E-state index in [1.165, 1.54) is 0 Å². The molecule has 28 heavy (non-hydrogen) atoms. The number of hydrogen-bond donors (Lipinski definition) is 1. The van der Waals surface area contributed by atoms with Gasteiger partial charge in [0, 0.05) is 38.3 Å². The highest BCUT2D eigenvalue weighted by Crippen LogP contribution is 2.31. The lowest BCUT2D eigenvalue weighted by Gasteiger charge is -2.26. The average molecular weight is 427 g/mol. The van der Waals surface area contributed by atoms with E-state index in [1.807, 2.05) is 30.3 Å². The van der Waals surface area contributed by atoms with E-state index in [0.29, 0.717) is 6.61 Å². The molecule has 0 aromatic heterocycles. The highest BCUT2D eigenvalue weighted by Gasteiger charge is 2.12. The Bertz CT molecular complexity index is 668. The van der Waals surface area contributed by atoms with Gasteiger partial charge in [0.15, 0.2) is 11.5 Å². The lowest BCUT2D eigenvalue weighted by molar-refractivity contribution is -0.001000. The fourth-order valence-electron chi connectivity index (χ4n) is 3.04. The lowest BCUT2D eigenvalue weighted by Crippen LogP contribution is -3.00. The molecule has 1 aliphatic rings. The van der Waals surface area contributed by atoms with Crippen molar-refractivity contribution in [3.05, 3.63) is 59.7 Å². The smallest absolute Gasteiger partial charge is 0.166 e. The SMILES string of the molecule is COc1cccc(CNCCN2CCOCC2)c1OCc1ccccc1.[Cl-].[Cl-]. The molecule has 0 atom stereocenters. The highest BCUT2D eigenvalue weighted by molar-refractivity contribution is 5.46. The molecule has 1 N–H and O–H groups in total. The molecule has 7 heteroatoms. The first-order valence-corrected chi connectivity index (χ1v) is 9.20. The van der Waals surface area contributed by atoms with Gasteiger partial charge in [0.05, 0.1) is 20.3 Å². The molecule has 0 radical (unpaired) electrons. The molecule has 3 rings (SSSR count). The van der Waals surface area contributed by atoms with Crippen LogP contribution in [0.4, 0.5) is 0 Å². The number of hydrogen-bond acceptors (Lipinski definition) is 5. The Hall–Kier alpha value is -1.50. The Kier molecular flexibility index (Phi) is 12.0. The molecule has 0 amide bonds. The van der Waals surface area contributed by atoms with Gasteiger partial charge in [0.2, 0.25) is 0 Å². The summed E-state index contributed by atoms with van der Waals surface area (Å²) in [5.41, 5.74) is 2.26. The number of ether oxygens (including phenoxy) is 3. The van der Waals surface area contributed by atoms with Crippen LogP contribution in [-0.4, -0.2) is 51.4 Å². The van der Waals surface area contributed by atoms with Gasteiger partial charge in [-0.25, -0.2) is 0 Å². The maximum Gasteiger partial charge on any atom is 0.166 e. The number of para-hydroxylation sites is 1. The van der Waals surface area contributed by atoms with Gasteiger partial charge in [-0.3, -0.25) is 4.90 Å². The zero-order valence-corrected chi connectivity index (χ0v) is 17.7. The largest absolute Gasteiger partial charge is 1.00 e. The van der Waals surface area contributed by atoms with Crippen molar-refractivity contribution in [2.75, 3.05) is 46.5 Å². The molecule has 1 fully saturated rings. The minimum Gasteiger partial charge on any atom is -1.00 e. The van der Waals surface area contributed by atoms with Crippen LogP contribution < -0.4 is 39.6 Å². The Morgan fingerprint density at radius 1 is 1.00 bits per heavy atom. The minimum absolute atomic E-state index is 0. The molecule has 0 spiro atoms. The number of methoxy groups -OCH3 is 1. The summed E-state index contributed by atoms with van der Waals surface area (Å²) in [6, 6.07) is 16.2. The molecule has 5 nitrogen and oxygen atoms in total. The fourth-order valence-corrected chi connectivity index (χ4v) is 3.04. The van der Waals surface area contributed by atoms with E-state index in [0.717, 1.165) is 68.6 Å². The van der Waals surface area contributed by atoms with Crippen LogP contribution in [0.5, 0.6) is 11.5 Å². The van der Waals surface area contributed by atoms with Gasteiger partial charge >= 0.3 is 0 Å². The quantitative estimate of drug-likeness (QED) is 0.425. The second kappa shape index (κ2) is 13.6. The van der Waals surface area contributed by atoms with E-state index in [1.54, 1.807) is 7.11 Å². The van der Waals surface area contributed by atoms with Gasteiger partial charge in [0.1, 0.15) is 6.61 Å². The first kappa shape index (κ1) is 24.5. The van der Waals surface area contributed by atoms with Crippen molar-refractivity contribution in [3.8, 4) is 11.5 Å². The number of nitrogens with one attached hydrogen (secondary N) is 1. The van der Waals surface area contributed by atoms with Crippen molar-refractivity contribution in [1.29, 1.82) is 0 Å². The van der Waals surface area contributed by atoms with Crippen molar-refractivity contribution in [3.63, 3.8) is 0 Å². The first-order valence-electron chi connectivity index (χ1n) is 9.20. The zero-order valence-electron chi connectivity index (χ0n) is 16.2. The molecule has 2 aromatic carbocycles. The average Bonchev–Trinajstić information content (AvgIpc) is 2.71. The Balaban J connectivity index is 0.00000196. The molecule has 0 aliphatic carbocycles. The van der Waals surface area contributed by atoms with Crippen molar-refractivity contribution in [1.82, 2.24) is 10.2 Å². The predicted octanol–water partition coefficient (Wildman–Crippen LogP) is -3.30. The van der Waals surface area contributed by atoms with Crippen molar-refractivity contribution < 1.29 is 39.0 Å². The Morgan fingerprint density at radius 3 is 2.46 bits per heavy atom. The molecule has 1 aliphatic heterocycles. The van der Waals surface area contributed by atoms with Crippen molar-refractivity contribution >= 4 is 0 Å². The van der Waals surface area contributed by atoms with Crippen LogP contribution in [0.2, 0.25) is 0 Å². The topological polar surface area (TPSA) is 43.0 Å². The lowest BCUT2D eigenvalue weighted by atomic mass is 10.1. The first-order chi connectivity index (χ1) is 12.9. The third-order valence-corrected chi connectivity index (χ3v) is 4.53. The molecule has 1 heterocycles. The van der Waals surface area contributed by atoms with Gasteiger partial charge in [-0.15, -0.1) is 0 Å². The molecule has 0 saturated carbocycles. The monoisotopic (exact) mass is 426 g/mol. The second-order valence-corrected chi connectivity index (χ2v) is 6.35. The van der Waals surface area contributed by atoms with Gasteiger partial charge in [-0.05, 0) is 11.6 Å². The third kappa shape index (κ3) is 7.49. The van der Waals surface area contributed by atoms with Crippen molar-refractivity contribution in [2.24, 2.45) is 0 Å². The number of benzene rings is 2. The van der Waals surface area contributed by atoms with E-state index in [-0.39, 0.29) is 24.8 Å². The van der Waals surface area contributed by atoms with E-state index >= 15 is 0 Å². The standard InChI is InChI=1S/C21H28N2O3.2ClH/c1-24-20-9-5-8-19(16-22-10-11-23-12-14-25-15-13-23)21(20)26-17-18-6-3-2-4-7-18;;/h2-9,22H,10-17H2,1H3;2*1H/p-2. The molecular weight excluding hydrogens is 399 g/mol. The molecule has 2 aromatic rings. The van der Waals surface area contributed by atoms with Gasteiger partial charge in [-0.1, -0.05) is 42.5 Å². The maximum atomic E-state index is 6.10. The predicted molar refractivity (Wildman–Crippen MR) is 103 cm³/mol. The second-order valence-electron chi connectivity index (χ2n) is 6.35. The molecular formula is C21H28Cl2N2O3-2. The summed E-state index contributed by atoms with van der Waals surface area (Å²) in [5, 5.41) is 3.52. The fraction of sp³-hybridized carbons (Fsp3) is 0.429. The number of nitrogens with zero attached hydrogens (tertiary/aromatic N) is 1. The van der Waals surface area contributed by atoms with Crippen LogP contribution in [0.25, 0.3) is 0 Å². The van der Waals surface area contributed by atoms with Crippen LogP contribution in [0.3, 0.4) is 0 Å². The van der Waals surface area contributed by atoms with E-state index in [2.05, 4.69) is 28.4 Å². The summed E-state index contributed by atoms with van der Waals surface area (Å²) < 4.78 is 17.0. The summed E-state index contributed by atoms with van der Waals surface area (Å²) in [6.07, 6.45) is 0. The van der Waals surface area contributed by atoms with Crippen molar-refractivity contribution in [2.45, 2.75) is 13.2 Å². The third-order valence-electron chi connectivity index (χ3n) is 4.53. The number of morpholine rings is 1. The van der Waals surface area contributed by atoms with Gasteiger partial charge in [0.25, 0.3) is 0 Å². The normalized spacial score (nSPS) is 13.9. The Labute approximate surface area is 180 Å². The summed E-state index contributed by atoms with van der Waals surface area (Å²) in [6.45, 7) is 6.98. The van der Waals surface area contributed by atoms with E-state index < -0.39 is 0 Å². The Morgan fingerprint density at radius 2 is 1.75 bits per heavy atom. The van der Waals surface area contributed by atoms with E-state index in [4.69, 9.17) is 14.2 Å². The summed E-state index contributed by atoms with van der Waals surface area (Å²) >= 11 is 0. The maximum absolute atomic E-state index is 6.10. The number of halogens is 2. The molecule has 156 valence electrons. The number of rotatable bonds is 9. The van der Waals surface area contributed by atoms with E-state index in [9.17, 15) is 0 Å². The molecule has 0 bridgehead atoms.